The molecule has 0 amide bonds. The molecule has 0 spiro atoms. The van der Waals surface area contributed by atoms with Crippen LogP contribution in [-0.4, -0.2) is 48.1 Å². The van der Waals surface area contributed by atoms with Gasteiger partial charge in [-0.15, -0.1) is 6.42 Å². The first-order chi connectivity index (χ1) is 7.27. The average Bonchev–Trinajstić information content (AvgIpc) is 2.29. The molecule has 3 heteroatoms. The van der Waals surface area contributed by atoms with Gasteiger partial charge in [-0.2, -0.15) is 11.8 Å². The normalized spacial score (nSPS) is 24.7. The summed E-state index contributed by atoms with van der Waals surface area (Å²) in [5.41, 5.74) is 0. The van der Waals surface area contributed by atoms with Crippen LogP contribution in [-0.2, 0) is 0 Å². The number of rotatable bonds is 5. The number of hydrogen-bond acceptors (Lipinski definition) is 3. The highest BCUT2D eigenvalue weighted by Gasteiger charge is 2.22. The molecule has 1 aliphatic heterocycles. The Hall–Kier alpha value is -0.170. The van der Waals surface area contributed by atoms with E-state index in [4.69, 9.17) is 6.42 Å². The molecule has 1 fully saturated rings. The number of nitrogens with zero attached hydrogens (tertiary/aromatic N) is 1. The van der Waals surface area contributed by atoms with Gasteiger partial charge in [0.05, 0.1) is 6.54 Å². The highest BCUT2D eigenvalue weighted by atomic mass is 32.2. The monoisotopic (exact) mass is 226 g/mol. The molecular weight excluding hydrogens is 204 g/mol. The molecule has 0 aliphatic carbocycles. The molecule has 86 valence electrons. The van der Waals surface area contributed by atoms with Crippen LogP contribution in [0.1, 0.15) is 20.3 Å². The molecular formula is C12H22N2S. The number of thioether (sulfide) groups is 1. The fraction of sp³-hybridized carbons (Fsp3) is 0.833. The second-order valence-electron chi connectivity index (χ2n) is 4.08. The minimum Gasteiger partial charge on any atom is -0.305 e. The van der Waals surface area contributed by atoms with Crippen LogP contribution in [0.25, 0.3) is 0 Å². The van der Waals surface area contributed by atoms with E-state index in [-0.39, 0.29) is 0 Å². The lowest BCUT2D eigenvalue weighted by Gasteiger charge is -2.36. The molecule has 2 atom stereocenters. The molecule has 1 N–H and O–H groups in total. The maximum absolute atomic E-state index is 5.21. The molecule has 0 saturated carbocycles. The minimum absolute atomic E-state index is 0.605. The van der Waals surface area contributed by atoms with Gasteiger partial charge < -0.3 is 5.32 Å². The van der Waals surface area contributed by atoms with E-state index >= 15 is 0 Å². The Morgan fingerprint density at radius 1 is 1.67 bits per heavy atom. The van der Waals surface area contributed by atoms with Crippen molar-refractivity contribution >= 4 is 11.8 Å². The summed E-state index contributed by atoms with van der Waals surface area (Å²) in [6, 6.07) is 0.605. The number of terminal acetylenes is 1. The molecule has 1 heterocycles. The van der Waals surface area contributed by atoms with Gasteiger partial charge in [-0.25, -0.2) is 0 Å². The standard InChI is InChI=1S/C12H22N2S/c1-4-6-13-9-11(3)14-7-8-15-12(5-2)10-14/h1,11-13H,5-10H2,2-3H3. The van der Waals surface area contributed by atoms with Crippen LogP contribution >= 0.6 is 11.8 Å². The first kappa shape index (κ1) is 12.9. The first-order valence-corrected chi connectivity index (χ1v) is 6.82. The van der Waals surface area contributed by atoms with Gasteiger partial charge in [0.1, 0.15) is 0 Å². The molecule has 1 rings (SSSR count). The predicted molar refractivity (Wildman–Crippen MR) is 69.3 cm³/mol. The van der Waals surface area contributed by atoms with Gasteiger partial charge in [-0.1, -0.05) is 12.8 Å². The number of nitrogens with one attached hydrogen (secondary N) is 1. The second kappa shape index (κ2) is 7.16. The van der Waals surface area contributed by atoms with E-state index in [1.165, 1.54) is 25.3 Å². The summed E-state index contributed by atoms with van der Waals surface area (Å²) >= 11 is 2.12. The Morgan fingerprint density at radius 3 is 3.13 bits per heavy atom. The molecule has 15 heavy (non-hydrogen) atoms. The summed E-state index contributed by atoms with van der Waals surface area (Å²) in [6.07, 6.45) is 6.49. The smallest absolute Gasteiger partial charge is 0.0574 e. The fourth-order valence-corrected chi connectivity index (χ4v) is 3.08. The van der Waals surface area contributed by atoms with Gasteiger partial charge in [0.25, 0.3) is 0 Å². The zero-order chi connectivity index (χ0) is 11.1. The van der Waals surface area contributed by atoms with Crippen LogP contribution in [0.5, 0.6) is 0 Å². The van der Waals surface area contributed by atoms with E-state index in [1.54, 1.807) is 0 Å². The predicted octanol–water partition coefficient (Wildman–Crippen LogP) is 1.43. The lowest BCUT2D eigenvalue weighted by Crippen LogP contribution is -2.47. The van der Waals surface area contributed by atoms with E-state index in [9.17, 15) is 0 Å². The average molecular weight is 226 g/mol. The van der Waals surface area contributed by atoms with Gasteiger partial charge >= 0.3 is 0 Å². The van der Waals surface area contributed by atoms with Crippen LogP contribution in [0.2, 0.25) is 0 Å². The molecule has 0 bridgehead atoms. The summed E-state index contributed by atoms with van der Waals surface area (Å²) in [5, 5.41) is 4.11. The summed E-state index contributed by atoms with van der Waals surface area (Å²) in [5.74, 6) is 3.89. The van der Waals surface area contributed by atoms with E-state index in [0.29, 0.717) is 12.6 Å². The zero-order valence-corrected chi connectivity index (χ0v) is 10.6. The summed E-state index contributed by atoms with van der Waals surface area (Å²) in [6.45, 7) is 8.71. The van der Waals surface area contributed by atoms with Crippen molar-refractivity contribution in [2.45, 2.75) is 31.6 Å². The first-order valence-electron chi connectivity index (χ1n) is 5.77. The third kappa shape index (κ3) is 4.46. The third-order valence-corrected chi connectivity index (χ3v) is 4.29. The van der Waals surface area contributed by atoms with Crippen LogP contribution in [0.15, 0.2) is 0 Å². The molecule has 2 unspecified atom stereocenters. The van der Waals surface area contributed by atoms with Gasteiger partial charge in [-0.05, 0) is 13.3 Å². The lowest BCUT2D eigenvalue weighted by atomic mass is 10.2. The van der Waals surface area contributed by atoms with E-state index < -0.39 is 0 Å². The van der Waals surface area contributed by atoms with Gasteiger partial charge in [-0.3, -0.25) is 4.90 Å². The van der Waals surface area contributed by atoms with Crippen molar-refractivity contribution in [3.63, 3.8) is 0 Å². The Labute approximate surface area is 98.2 Å². The van der Waals surface area contributed by atoms with Crippen molar-refractivity contribution in [3.8, 4) is 12.3 Å². The van der Waals surface area contributed by atoms with E-state index in [2.05, 4.69) is 41.7 Å². The van der Waals surface area contributed by atoms with Gasteiger partial charge in [0, 0.05) is 36.7 Å². The SMILES string of the molecule is C#CCNCC(C)N1CCSC(CC)C1. The topological polar surface area (TPSA) is 15.3 Å². The maximum Gasteiger partial charge on any atom is 0.0574 e. The second-order valence-corrected chi connectivity index (χ2v) is 5.49. The van der Waals surface area contributed by atoms with Crippen LogP contribution < -0.4 is 5.32 Å². The fourth-order valence-electron chi connectivity index (χ4n) is 1.87. The van der Waals surface area contributed by atoms with Crippen LogP contribution in [0.4, 0.5) is 0 Å². The van der Waals surface area contributed by atoms with Crippen LogP contribution in [0, 0.1) is 12.3 Å². The molecule has 0 aromatic carbocycles. The molecule has 0 aromatic rings. The summed E-state index contributed by atoms with van der Waals surface area (Å²) < 4.78 is 0. The van der Waals surface area contributed by atoms with E-state index in [1.807, 2.05) is 0 Å². The lowest BCUT2D eigenvalue weighted by molar-refractivity contribution is 0.211. The third-order valence-electron chi connectivity index (χ3n) is 2.92. The van der Waals surface area contributed by atoms with Crippen molar-refractivity contribution in [2.75, 3.05) is 31.9 Å². The number of hydrogen-bond donors (Lipinski definition) is 1. The zero-order valence-electron chi connectivity index (χ0n) is 9.83. The van der Waals surface area contributed by atoms with Crippen molar-refractivity contribution < 1.29 is 0 Å². The Bertz CT molecular complexity index is 212. The van der Waals surface area contributed by atoms with Gasteiger partial charge in [0.2, 0.25) is 0 Å². The molecule has 1 saturated heterocycles. The Kier molecular flexibility index (Phi) is 6.16. The van der Waals surface area contributed by atoms with Crippen molar-refractivity contribution in [1.29, 1.82) is 0 Å². The largest absolute Gasteiger partial charge is 0.305 e. The van der Waals surface area contributed by atoms with Crippen LogP contribution in [0.3, 0.4) is 0 Å². The Balaban J connectivity index is 2.26. The van der Waals surface area contributed by atoms with Crippen molar-refractivity contribution in [1.82, 2.24) is 10.2 Å². The van der Waals surface area contributed by atoms with Gasteiger partial charge in [0.15, 0.2) is 0 Å². The molecule has 2 nitrogen and oxygen atoms in total. The highest BCUT2D eigenvalue weighted by molar-refractivity contribution is 8.00. The summed E-state index contributed by atoms with van der Waals surface area (Å²) in [7, 11) is 0. The molecule has 0 aromatic heterocycles. The summed E-state index contributed by atoms with van der Waals surface area (Å²) in [4.78, 5) is 2.58. The van der Waals surface area contributed by atoms with Crippen molar-refractivity contribution in [2.24, 2.45) is 0 Å². The quantitative estimate of drug-likeness (QED) is 0.564. The van der Waals surface area contributed by atoms with Crippen molar-refractivity contribution in [3.05, 3.63) is 0 Å². The molecule has 0 radical (unpaired) electrons. The highest BCUT2D eigenvalue weighted by Crippen LogP contribution is 2.22. The minimum atomic E-state index is 0.605. The Morgan fingerprint density at radius 2 is 2.47 bits per heavy atom. The van der Waals surface area contributed by atoms with E-state index in [0.717, 1.165) is 11.8 Å². The maximum atomic E-state index is 5.21. The molecule has 1 aliphatic rings.